The molecule has 0 aromatic heterocycles. The van der Waals surface area contributed by atoms with Gasteiger partial charge in [-0.1, -0.05) is 59.4 Å². The lowest BCUT2D eigenvalue weighted by Gasteiger charge is -2.18. The zero-order valence-corrected chi connectivity index (χ0v) is 16.8. The summed E-state index contributed by atoms with van der Waals surface area (Å²) in [5.74, 6) is -0.740. The summed E-state index contributed by atoms with van der Waals surface area (Å²) in [6, 6.07) is 6.65. The Balaban J connectivity index is 2.79. The van der Waals surface area contributed by atoms with Gasteiger partial charge in [0.05, 0.1) is 11.1 Å². The predicted octanol–water partition coefficient (Wildman–Crippen LogP) is 5.94. The maximum Gasteiger partial charge on any atom is 0.338 e. The number of ether oxygens (including phenoxy) is 2. The zero-order valence-electron chi connectivity index (χ0n) is 16.8. The van der Waals surface area contributed by atoms with Crippen molar-refractivity contribution >= 4 is 11.9 Å². The molecular formula is C22H34O4. The summed E-state index contributed by atoms with van der Waals surface area (Å²) in [7, 11) is 0. The Morgan fingerprint density at radius 2 is 1.08 bits per heavy atom. The van der Waals surface area contributed by atoms with Crippen LogP contribution in [0.15, 0.2) is 24.3 Å². The fraction of sp³-hybridized carbons (Fsp3) is 0.636. The van der Waals surface area contributed by atoms with E-state index >= 15 is 0 Å². The maximum absolute atomic E-state index is 12.4. The fourth-order valence-corrected chi connectivity index (χ4v) is 3.02. The molecule has 0 saturated heterocycles. The smallest absolute Gasteiger partial charge is 0.338 e. The number of hydrogen-bond donors (Lipinski definition) is 0. The van der Waals surface area contributed by atoms with Crippen molar-refractivity contribution in [3.05, 3.63) is 35.4 Å². The molecule has 146 valence electrons. The normalized spacial score (nSPS) is 11.0. The highest BCUT2D eigenvalue weighted by Gasteiger charge is 2.18. The van der Waals surface area contributed by atoms with Gasteiger partial charge in [-0.05, 0) is 43.9 Å². The van der Waals surface area contributed by atoms with E-state index in [9.17, 15) is 9.59 Å². The van der Waals surface area contributed by atoms with Gasteiger partial charge in [-0.2, -0.15) is 0 Å². The Kier molecular flexibility index (Phi) is 10.7. The van der Waals surface area contributed by atoms with E-state index in [-0.39, 0.29) is 24.1 Å². The van der Waals surface area contributed by atoms with Crippen molar-refractivity contribution in [3.8, 4) is 0 Å². The van der Waals surface area contributed by atoms with Crippen molar-refractivity contribution in [1.29, 1.82) is 0 Å². The van der Waals surface area contributed by atoms with Gasteiger partial charge >= 0.3 is 11.9 Å². The van der Waals surface area contributed by atoms with Crippen molar-refractivity contribution in [2.45, 2.75) is 91.3 Å². The molecule has 0 aliphatic heterocycles. The highest BCUT2D eigenvalue weighted by molar-refractivity contribution is 5.95. The number of hydrogen-bond acceptors (Lipinski definition) is 4. The first-order chi connectivity index (χ1) is 12.5. The van der Waals surface area contributed by atoms with Crippen LogP contribution in [-0.2, 0) is 9.47 Å². The number of carbonyl (C=O) groups is 2. The number of esters is 2. The van der Waals surface area contributed by atoms with Gasteiger partial charge in [0.25, 0.3) is 0 Å². The molecule has 4 heteroatoms. The van der Waals surface area contributed by atoms with Crippen LogP contribution in [0.25, 0.3) is 0 Å². The van der Waals surface area contributed by atoms with Crippen LogP contribution >= 0.6 is 0 Å². The molecule has 0 spiro atoms. The van der Waals surface area contributed by atoms with Crippen molar-refractivity contribution in [2.75, 3.05) is 0 Å². The molecule has 0 unspecified atom stereocenters. The molecule has 0 N–H and O–H groups in total. The van der Waals surface area contributed by atoms with Crippen LogP contribution in [0.3, 0.4) is 0 Å². The molecule has 0 aliphatic rings. The Hall–Kier alpha value is -1.84. The lowest BCUT2D eigenvalue weighted by molar-refractivity contribution is 0.0257. The SMILES string of the molecule is CCCC(CCC)OC(=O)c1cccc(C(=O)OC(CCC)CCC)c1. The van der Waals surface area contributed by atoms with E-state index in [1.807, 2.05) is 0 Å². The predicted molar refractivity (Wildman–Crippen MR) is 104 cm³/mol. The van der Waals surface area contributed by atoms with Gasteiger partial charge in [-0.25, -0.2) is 9.59 Å². The minimum absolute atomic E-state index is 0.0633. The van der Waals surface area contributed by atoms with Crippen LogP contribution in [-0.4, -0.2) is 24.1 Å². The van der Waals surface area contributed by atoms with Crippen molar-refractivity contribution in [2.24, 2.45) is 0 Å². The van der Waals surface area contributed by atoms with E-state index in [1.165, 1.54) is 0 Å². The third-order valence-corrected chi connectivity index (χ3v) is 4.32. The van der Waals surface area contributed by atoms with Crippen molar-refractivity contribution in [1.82, 2.24) is 0 Å². The molecule has 0 saturated carbocycles. The van der Waals surface area contributed by atoms with Gasteiger partial charge in [0.1, 0.15) is 12.2 Å². The molecule has 4 nitrogen and oxygen atoms in total. The first kappa shape index (κ1) is 22.2. The van der Waals surface area contributed by atoms with Gasteiger partial charge in [0.15, 0.2) is 0 Å². The highest BCUT2D eigenvalue weighted by Crippen LogP contribution is 2.16. The first-order valence-corrected chi connectivity index (χ1v) is 10.1. The second-order valence-electron chi connectivity index (χ2n) is 6.79. The monoisotopic (exact) mass is 362 g/mol. The van der Waals surface area contributed by atoms with Crippen molar-refractivity contribution in [3.63, 3.8) is 0 Å². The van der Waals surface area contributed by atoms with Crippen LogP contribution in [0.4, 0.5) is 0 Å². The number of benzene rings is 1. The Bertz CT molecular complexity index is 496. The average molecular weight is 363 g/mol. The molecule has 0 aliphatic carbocycles. The summed E-state index contributed by atoms with van der Waals surface area (Å²) in [5.41, 5.74) is 0.804. The largest absolute Gasteiger partial charge is 0.459 e. The van der Waals surface area contributed by atoms with Gasteiger partial charge in [-0.15, -0.1) is 0 Å². The lowest BCUT2D eigenvalue weighted by Crippen LogP contribution is -2.20. The van der Waals surface area contributed by atoms with Crippen LogP contribution in [0.5, 0.6) is 0 Å². The topological polar surface area (TPSA) is 52.6 Å². The fourth-order valence-electron chi connectivity index (χ4n) is 3.02. The summed E-state index contributed by atoms with van der Waals surface area (Å²) in [6.07, 6.45) is 7.20. The summed E-state index contributed by atoms with van der Waals surface area (Å²) >= 11 is 0. The molecule has 1 aromatic carbocycles. The molecule has 0 heterocycles. The van der Waals surface area contributed by atoms with Gasteiger partial charge in [0, 0.05) is 0 Å². The molecular weight excluding hydrogens is 328 g/mol. The summed E-state index contributed by atoms with van der Waals surface area (Å²) < 4.78 is 11.2. The Labute approximate surface area is 158 Å². The quantitative estimate of drug-likeness (QED) is 0.432. The van der Waals surface area contributed by atoms with E-state index in [0.717, 1.165) is 51.4 Å². The molecule has 0 amide bonds. The molecule has 26 heavy (non-hydrogen) atoms. The average Bonchev–Trinajstić information content (AvgIpc) is 2.62. The van der Waals surface area contributed by atoms with Crippen LogP contribution in [0.1, 0.15) is 99.8 Å². The van der Waals surface area contributed by atoms with E-state index in [1.54, 1.807) is 24.3 Å². The van der Waals surface area contributed by atoms with E-state index < -0.39 is 0 Å². The Morgan fingerprint density at radius 1 is 0.731 bits per heavy atom. The second-order valence-corrected chi connectivity index (χ2v) is 6.79. The van der Waals surface area contributed by atoms with Crippen LogP contribution in [0.2, 0.25) is 0 Å². The lowest BCUT2D eigenvalue weighted by atomic mass is 10.1. The third-order valence-electron chi connectivity index (χ3n) is 4.32. The first-order valence-electron chi connectivity index (χ1n) is 10.1. The maximum atomic E-state index is 12.4. The zero-order chi connectivity index (χ0) is 19.4. The molecule has 0 radical (unpaired) electrons. The summed E-state index contributed by atoms with van der Waals surface area (Å²) in [5, 5.41) is 0. The van der Waals surface area contributed by atoms with Gasteiger partial charge < -0.3 is 9.47 Å². The Morgan fingerprint density at radius 3 is 1.38 bits per heavy atom. The van der Waals surface area contributed by atoms with Crippen LogP contribution in [0, 0.1) is 0 Å². The minimum atomic E-state index is -0.370. The van der Waals surface area contributed by atoms with E-state index in [2.05, 4.69) is 27.7 Å². The molecule has 0 atom stereocenters. The summed E-state index contributed by atoms with van der Waals surface area (Å²) in [4.78, 5) is 24.9. The van der Waals surface area contributed by atoms with E-state index in [0.29, 0.717) is 11.1 Å². The van der Waals surface area contributed by atoms with E-state index in [4.69, 9.17) is 9.47 Å². The number of carbonyl (C=O) groups excluding carboxylic acids is 2. The molecule has 0 fully saturated rings. The number of rotatable bonds is 12. The molecule has 1 rings (SSSR count). The standard InChI is InChI=1S/C22H34O4/c1-5-10-19(11-6-2)25-21(23)17-14-9-15-18(16-17)22(24)26-20(12-7-3)13-8-4/h9,14-16,19-20H,5-8,10-13H2,1-4H3. The van der Waals surface area contributed by atoms with Crippen LogP contribution < -0.4 is 0 Å². The second kappa shape index (κ2) is 12.5. The molecule has 0 bridgehead atoms. The van der Waals surface area contributed by atoms with Gasteiger partial charge in [0.2, 0.25) is 0 Å². The van der Waals surface area contributed by atoms with Gasteiger partial charge in [-0.3, -0.25) is 0 Å². The molecule has 1 aromatic rings. The van der Waals surface area contributed by atoms with Crippen molar-refractivity contribution < 1.29 is 19.1 Å². The highest BCUT2D eigenvalue weighted by atomic mass is 16.5. The third kappa shape index (κ3) is 7.59. The summed E-state index contributed by atoms with van der Waals surface area (Å²) in [6.45, 7) is 8.32. The minimum Gasteiger partial charge on any atom is -0.459 e.